The van der Waals surface area contributed by atoms with E-state index in [1.165, 1.54) is 0 Å². The van der Waals surface area contributed by atoms with Crippen LogP contribution in [0.1, 0.15) is 11.4 Å². The Morgan fingerprint density at radius 2 is 1.00 bits per heavy atom. The normalized spacial score (nSPS) is 10.5. The van der Waals surface area contributed by atoms with Crippen molar-refractivity contribution >= 4 is 45.0 Å². The highest BCUT2D eigenvalue weighted by atomic mass is 35.5. The molecule has 2 aromatic heterocycles. The monoisotopic (exact) mass is 354 g/mol. The predicted molar refractivity (Wildman–Crippen MR) is 103 cm³/mol. The highest BCUT2D eigenvalue weighted by Gasteiger charge is 2.00. The summed E-state index contributed by atoms with van der Waals surface area (Å²) in [4.78, 5) is 8.70. The zero-order valence-electron chi connectivity index (χ0n) is 13.4. The smallest absolute Gasteiger partial charge is 0.0720 e. The van der Waals surface area contributed by atoms with Crippen LogP contribution >= 0.6 is 23.2 Å². The van der Waals surface area contributed by atoms with Crippen LogP contribution in [-0.4, -0.2) is 9.97 Å². The number of pyridine rings is 2. The molecule has 0 aliphatic heterocycles. The van der Waals surface area contributed by atoms with E-state index in [-0.39, 0.29) is 0 Å². The average Bonchev–Trinajstić information content (AvgIpc) is 2.55. The molecule has 0 radical (unpaired) electrons. The maximum Gasteiger partial charge on any atom is 0.0720 e. The van der Waals surface area contributed by atoms with Crippen LogP contribution in [0.2, 0.25) is 10.0 Å². The lowest BCUT2D eigenvalue weighted by Gasteiger charge is -2.00. The minimum absolute atomic E-state index is 0.776. The number of nitrogens with zero attached hydrogens (tertiary/aromatic N) is 2. The molecule has 0 atom stereocenters. The zero-order valence-corrected chi connectivity index (χ0v) is 14.9. The third kappa shape index (κ3) is 3.66. The van der Waals surface area contributed by atoms with E-state index in [1.54, 1.807) is 0 Å². The molecular formula is C20H16Cl2N2. The van der Waals surface area contributed by atoms with Gasteiger partial charge in [0.15, 0.2) is 0 Å². The molecule has 0 unspecified atom stereocenters. The Morgan fingerprint density at radius 3 is 1.42 bits per heavy atom. The number of para-hydroxylation sites is 2. The number of fused-ring (bicyclic) bond motifs is 2. The van der Waals surface area contributed by atoms with E-state index in [0.717, 1.165) is 43.2 Å². The second kappa shape index (κ2) is 7.16. The molecule has 0 aliphatic rings. The number of hydrogen-bond donors (Lipinski definition) is 0. The Morgan fingerprint density at radius 1 is 0.625 bits per heavy atom. The van der Waals surface area contributed by atoms with Crippen LogP contribution in [0.25, 0.3) is 21.8 Å². The van der Waals surface area contributed by atoms with E-state index in [1.807, 2.05) is 74.5 Å². The summed E-state index contributed by atoms with van der Waals surface area (Å²) in [5.74, 6) is 0. The quantitative estimate of drug-likeness (QED) is 0.365. The van der Waals surface area contributed by atoms with Crippen LogP contribution < -0.4 is 0 Å². The first kappa shape index (κ1) is 16.7. The van der Waals surface area contributed by atoms with Crippen LogP contribution in [0.15, 0.2) is 60.7 Å². The van der Waals surface area contributed by atoms with Gasteiger partial charge in [0.25, 0.3) is 0 Å². The molecule has 4 aromatic rings. The zero-order chi connectivity index (χ0) is 17.1. The summed E-state index contributed by atoms with van der Waals surface area (Å²) in [7, 11) is 0. The van der Waals surface area contributed by atoms with Gasteiger partial charge < -0.3 is 0 Å². The molecule has 0 fully saturated rings. The summed E-state index contributed by atoms with van der Waals surface area (Å²) in [6.45, 7) is 3.89. The minimum Gasteiger partial charge on any atom is -0.253 e. The topological polar surface area (TPSA) is 25.8 Å². The van der Waals surface area contributed by atoms with Gasteiger partial charge in [0, 0.05) is 22.2 Å². The summed E-state index contributed by atoms with van der Waals surface area (Å²) < 4.78 is 0. The van der Waals surface area contributed by atoms with Crippen molar-refractivity contribution in [3.05, 3.63) is 82.1 Å². The standard InChI is InChI=1S/2C10H8ClN/c2*1-7-6-9(11)8-4-2-3-5-10(8)12-7/h2*2-6H,1H3. The molecule has 0 N–H and O–H groups in total. The molecule has 0 amide bonds. The Balaban J connectivity index is 0.000000141. The van der Waals surface area contributed by atoms with Gasteiger partial charge in [-0.15, -0.1) is 0 Å². The van der Waals surface area contributed by atoms with E-state index < -0.39 is 0 Å². The Bertz CT molecular complexity index is 929. The fourth-order valence-corrected chi connectivity index (χ4v) is 3.15. The number of aromatic nitrogens is 2. The highest BCUT2D eigenvalue weighted by Crippen LogP contribution is 2.22. The van der Waals surface area contributed by atoms with Crippen molar-refractivity contribution in [3.8, 4) is 0 Å². The molecular weight excluding hydrogens is 339 g/mol. The molecule has 0 saturated carbocycles. The van der Waals surface area contributed by atoms with Crippen molar-refractivity contribution in [2.24, 2.45) is 0 Å². The SMILES string of the molecule is Cc1cc(Cl)c2ccccc2n1.Cc1cc(Cl)c2ccccc2n1. The number of hydrogen-bond acceptors (Lipinski definition) is 2. The van der Waals surface area contributed by atoms with Crippen molar-refractivity contribution in [2.75, 3.05) is 0 Å². The van der Waals surface area contributed by atoms with Crippen molar-refractivity contribution in [2.45, 2.75) is 13.8 Å². The second-order valence-electron chi connectivity index (χ2n) is 5.53. The fraction of sp³-hybridized carbons (Fsp3) is 0.100. The lowest BCUT2D eigenvalue weighted by Crippen LogP contribution is -1.83. The summed E-state index contributed by atoms with van der Waals surface area (Å²) in [6.07, 6.45) is 0. The first-order valence-electron chi connectivity index (χ1n) is 7.58. The number of aryl methyl sites for hydroxylation is 2. The molecule has 24 heavy (non-hydrogen) atoms. The third-order valence-corrected chi connectivity index (χ3v) is 4.21. The summed E-state index contributed by atoms with van der Waals surface area (Å²) >= 11 is 12.0. The summed E-state index contributed by atoms with van der Waals surface area (Å²) in [5, 5.41) is 3.59. The van der Waals surface area contributed by atoms with Gasteiger partial charge in [-0.25, -0.2) is 0 Å². The van der Waals surface area contributed by atoms with Gasteiger partial charge in [-0.1, -0.05) is 59.6 Å². The molecule has 0 bridgehead atoms. The van der Waals surface area contributed by atoms with Crippen LogP contribution in [0, 0.1) is 13.8 Å². The Kier molecular flexibility index (Phi) is 4.98. The molecule has 2 heterocycles. The Labute approximate surface area is 151 Å². The van der Waals surface area contributed by atoms with E-state index in [9.17, 15) is 0 Å². The van der Waals surface area contributed by atoms with Crippen LogP contribution in [0.3, 0.4) is 0 Å². The maximum atomic E-state index is 6.02. The van der Waals surface area contributed by atoms with E-state index in [4.69, 9.17) is 23.2 Å². The molecule has 0 spiro atoms. The van der Waals surface area contributed by atoms with Gasteiger partial charge in [0.05, 0.1) is 21.1 Å². The van der Waals surface area contributed by atoms with Gasteiger partial charge in [-0.2, -0.15) is 0 Å². The van der Waals surface area contributed by atoms with E-state index in [2.05, 4.69) is 9.97 Å². The fourth-order valence-electron chi connectivity index (χ4n) is 2.51. The van der Waals surface area contributed by atoms with Crippen molar-refractivity contribution < 1.29 is 0 Å². The predicted octanol–water partition coefficient (Wildman–Crippen LogP) is 6.39. The van der Waals surface area contributed by atoms with Crippen LogP contribution in [0.5, 0.6) is 0 Å². The molecule has 4 rings (SSSR count). The Hall–Kier alpha value is -2.16. The third-order valence-electron chi connectivity index (χ3n) is 3.59. The van der Waals surface area contributed by atoms with Crippen LogP contribution in [0.4, 0.5) is 0 Å². The molecule has 0 aliphatic carbocycles. The van der Waals surface area contributed by atoms with E-state index >= 15 is 0 Å². The summed E-state index contributed by atoms with van der Waals surface area (Å²) in [6, 6.07) is 19.5. The molecule has 2 nitrogen and oxygen atoms in total. The lowest BCUT2D eigenvalue weighted by atomic mass is 10.2. The van der Waals surface area contributed by atoms with Gasteiger partial charge in [0.2, 0.25) is 0 Å². The van der Waals surface area contributed by atoms with Gasteiger partial charge >= 0.3 is 0 Å². The van der Waals surface area contributed by atoms with Crippen molar-refractivity contribution in [1.82, 2.24) is 9.97 Å². The summed E-state index contributed by atoms with van der Waals surface area (Å²) in [5.41, 5.74) is 3.84. The molecule has 120 valence electrons. The van der Waals surface area contributed by atoms with Crippen LogP contribution in [-0.2, 0) is 0 Å². The van der Waals surface area contributed by atoms with Gasteiger partial charge in [0.1, 0.15) is 0 Å². The molecule has 2 aromatic carbocycles. The maximum absolute atomic E-state index is 6.02. The van der Waals surface area contributed by atoms with E-state index in [0.29, 0.717) is 0 Å². The average molecular weight is 355 g/mol. The van der Waals surface area contributed by atoms with Gasteiger partial charge in [-0.3, -0.25) is 9.97 Å². The van der Waals surface area contributed by atoms with Crippen molar-refractivity contribution in [3.63, 3.8) is 0 Å². The number of benzene rings is 2. The first-order valence-corrected chi connectivity index (χ1v) is 8.34. The molecule has 4 heteroatoms. The highest BCUT2D eigenvalue weighted by molar-refractivity contribution is 6.35. The largest absolute Gasteiger partial charge is 0.253 e. The first-order chi connectivity index (χ1) is 11.5. The van der Waals surface area contributed by atoms with Crippen molar-refractivity contribution in [1.29, 1.82) is 0 Å². The lowest BCUT2D eigenvalue weighted by molar-refractivity contribution is 1.26. The molecule has 0 saturated heterocycles. The minimum atomic E-state index is 0.776. The number of halogens is 2. The number of rotatable bonds is 0. The second-order valence-corrected chi connectivity index (χ2v) is 6.34. The van der Waals surface area contributed by atoms with Gasteiger partial charge in [-0.05, 0) is 38.1 Å².